The normalized spacial score (nSPS) is 13.0. The third-order valence-electron chi connectivity index (χ3n) is 4.54. The topological polar surface area (TPSA) is 69.0 Å². The maximum atomic E-state index is 14.0. The van der Waals surface area contributed by atoms with E-state index in [0.717, 1.165) is 37.5 Å². The Morgan fingerprint density at radius 1 is 1.25 bits per heavy atom. The van der Waals surface area contributed by atoms with Gasteiger partial charge in [-0.1, -0.05) is 0 Å². The fraction of sp³-hybridized carbons (Fsp3) is 0.150. The molecule has 28 heavy (non-hydrogen) atoms. The van der Waals surface area contributed by atoms with Gasteiger partial charge >= 0.3 is 0 Å². The number of nitrogens with zero attached hydrogens (tertiary/aromatic N) is 3. The lowest BCUT2D eigenvalue weighted by molar-refractivity contribution is 0.101. The number of fused-ring (bicyclic) bond motifs is 1. The van der Waals surface area contributed by atoms with Crippen LogP contribution in [0.15, 0.2) is 41.9 Å². The number of amides is 1. The number of benzene rings is 1. The summed E-state index contributed by atoms with van der Waals surface area (Å²) in [5.74, 6) is -2.34. The van der Waals surface area contributed by atoms with Gasteiger partial charge in [0.15, 0.2) is 0 Å². The molecule has 1 N–H and O–H groups in total. The molecule has 5 nitrogen and oxygen atoms in total. The van der Waals surface area contributed by atoms with Crippen LogP contribution < -0.4 is 10.2 Å². The molecule has 0 saturated carbocycles. The van der Waals surface area contributed by atoms with Gasteiger partial charge in [-0.05, 0) is 47.7 Å². The SMILES string of the molecule is N#Cc1cc(F)c(C(=O)Nc2ccc(N3CCc4sccc4C3)nc2)c(F)c1. The minimum Gasteiger partial charge on any atom is -0.352 e. The molecule has 0 atom stereocenters. The minimum absolute atomic E-state index is 0.187. The van der Waals surface area contributed by atoms with Crippen LogP contribution in [0.2, 0.25) is 0 Å². The first-order valence-electron chi connectivity index (χ1n) is 8.52. The number of hydrogen-bond acceptors (Lipinski definition) is 5. The van der Waals surface area contributed by atoms with Crippen LogP contribution in [0.3, 0.4) is 0 Å². The zero-order chi connectivity index (χ0) is 19.7. The summed E-state index contributed by atoms with van der Waals surface area (Å²) in [6.45, 7) is 1.63. The maximum Gasteiger partial charge on any atom is 0.261 e. The first kappa shape index (κ1) is 18.1. The van der Waals surface area contributed by atoms with E-state index in [1.807, 2.05) is 0 Å². The van der Waals surface area contributed by atoms with E-state index in [1.54, 1.807) is 29.5 Å². The van der Waals surface area contributed by atoms with E-state index in [2.05, 4.69) is 26.6 Å². The molecule has 0 spiro atoms. The van der Waals surface area contributed by atoms with Gasteiger partial charge in [0, 0.05) is 18.0 Å². The van der Waals surface area contributed by atoms with Gasteiger partial charge in [0.05, 0.1) is 23.5 Å². The number of anilines is 2. The van der Waals surface area contributed by atoms with Gasteiger partial charge in [-0.25, -0.2) is 13.8 Å². The Kier molecular flexibility index (Phi) is 4.75. The van der Waals surface area contributed by atoms with Crippen molar-refractivity contribution in [2.45, 2.75) is 13.0 Å². The predicted molar refractivity (Wildman–Crippen MR) is 102 cm³/mol. The summed E-state index contributed by atoms with van der Waals surface area (Å²) in [5, 5.41) is 13.3. The first-order valence-corrected chi connectivity index (χ1v) is 9.40. The van der Waals surface area contributed by atoms with Crippen molar-refractivity contribution in [2.75, 3.05) is 16.8 Å². The summed E-state index contributed by atoms with van der Waals surface area (Å²) in [6.07, 6.45) is 2.42. The second-order valence-electron chi connectivity index (χ2n) is 6.33. The number of carbonyl (C=O) groups is 1. The van der Waals surface area contributed by atoms with E-state index in [-0.39, 0.29) is 5.56 Å². The molecule has 1 aliphatic rings. The molecule has 4 rings (SSSR count). The number of thiophene rings is 1. The molecule has 8 heteroatoms. The molecule has 0 fully saturated rings. The minimum atomic E-state index is -1.08. The highest BCUT2D eigenvalue weighted by Crippen LogP contribution is 2.27. The number of halogens is 2. The second kappa shape index (κ2) is 7.37. The molecular formula is C20H14F2N4OS. The summed E-state index contributed by atoms with van der Waals surface area (Å²) >= 11 is 1.76. The zero-order valence-electron chi connectivity index (χ0n) is 14.6. The van der Waals surface area contributed by atoms with E-state index in [9.17, 15) is 13.6 Å². The summed E-state index contributed by atoms with van der Waals surface area (Å²) < 4.78 is 28.0. The number of aromatic nitrogens is 1. The van der Waals surface area contributed by atoms with E-state index in [1.165, 1.54) is 16.6 Å². The van der Waals surface area contributed by atoms with Crippen molar-refractivity contribution in [3.63, 3.8) is 0 Å². The van der Waals surface area contributed by atoms with E-state index in [0.29, 0.717) is 5.69 Å². The third kappa shape index (κ3) is 3.44. The van der Waals surface area contributed by atoms with Crippen LogP contribution in [0.1, 0.15) is 26.4 Å². The van der Waals surface area contributed by atoms with E-state index < -0.39 is 23.1 Å². The molecule has 3 heterocycles. The molecule has 0 aliphatic carbocycles. The zero-order valence-corrected chi connectivity index (χ0v) is 15.4. The fourth-order valence-electron chi connectivity index (χ4n) is 3.14. The van der Waals surface area contributed by atoms with Crippen LogP contribution in [-0.2, 0) is 13.0 Å². The van der Waals surface area contributed by atoms with Gasteiger partial charge in [0.25, 0.3) is 5.91 Å². The largest absolute Gasteiger partial charge is 0.352 e. The van der Waals surface area contributed by atoms with Crippen molar-refractivity contribution in [1.82, 2.24) is 4.98 Å². The average Bonchev–Trinajstić information content (AvgIpc) is 3.15. The van der Waals surface area contributed by atoms with Crippen molar-refractivity contribution in [3.8, 4) is 6.07 Å². The Bertz CT molecular complexity index is 1070. The van der Waals surface area contributed by atoms with Gasteiger partial charge in [-0.3, -0.25) is 4.79 Å². The summed E-state index contributed by atoms with van der Waals surface area (Å²) in [6, 6.07) is 8.81. The number of rotatable bonds is 3. The number of nitrogens with one attached hydrogen (secondary N) is 1. The fourth-order valence-corrected chi connectivity index (χ4v) is 4.03. The number of hydrogen-bond donors (Lipinski definition) is 1. The lowest BCUT2D eigenvalue weighted by Crippen LogP contribution is -2.30. The average molecular weight is 396 g/mol. The van der Waals surface area contributed by atoms with Gasteiger partial charge in [-0.15, -0.1) is 11.3 Å². The van der Waals surface area contributed by atoms with E-state index in [4.69, 9.17) is 5.26 Å². The summed E-state index contributed by atoms with van der Waals surface area (Å²) in [5.41, 5.74) is 0.698. The number of nitriles is 1. The quantitative estimate of drug-likeness (QED) is 0.724. The molecule has 1 aliphatic heterocycles. The van der Waals surface area contributed by atoms with Crippen LogP contribution in [0, 0.1) is 23.0 Å². The second-order valence-corrected chi connectivity index (χ2v) is 7.33. The number of pyridine rings is 1. The highest BCUT2D eigenvalue weighted by molar-refractivity contribution is 7.10. The Morgan fingerprint density at radius 3 is 2.71 bits per heavy atom. The summed E-state index contributed by atoms with van der Waals surface area (Å²) in [4.78, 5) is 20.1. The molecule has 1 aromatic carbocycles. The third-order valence-corrected chi connectivity index (χ3v) is 5.56. The molecule has 2 aromatic heterocycles. The predicted octanol–water partition coefficient (Wildman–Crippen LogP) is 4.11. The van der Waals surface area contributed by atoms with Crippen molar-refractivity contribution in [3.05, 3.63) is 75.1 Å². The van der Waals surface area contributed by atoms with Crippen LogP contribution in [-0.4, -0.2) is 17.4 Å². The maximum absolute atomic E-state index is 14.0. The van der Waals surface area contributed by atoms with Crippen molar-refractivity contribution in [1.29, 1.82) is 5.26 Å². The van der Waals surface area contributed by atoms with Crippen molar-refractivity contribution in [2.24, 2.45) is 0 Å². The molecule has 0 radical (unpaired) electrons. The van der Waals surface area contributed by atoms with Crippen molar-refractivity contribution < 1.29 is 13.6 Å². The van der Waals surface area contributed by atoms with Crippen molar-refractivity contribution >= 4 is 28.7 Å². The highest BCUT2D eigenvalue weighted by Gasteiger charge is 2.20. The van der Waals surface area contributed by atoms with Gasteiger partial charge < -0.3 is 10.2 Å². The molecular weight excluding hydrogens is 382 g/mol. The molecule has 3 aromatic rings. The Hall–Kier alpha value is -3.31. The monoisotopic (exact) mass is 396 g/mol. The Balaban J connectivity index is 1.48. The van der Waals surface area contributed by atoms with Gasteiger partial charge in [0.2, 0.25) is 0 Å². The Morgan fingerprint density at radius 2 is 2.04 bits per heavy atom. The van der Waals surface area contributed by atoms with E-state index >= 15 is 0 Å². The molecule has 0 saturated heterocycles. The molecule has 1 amide bonds. The lowest BCUT2D eigenvalue weighted by atomic mass is 10.1. The van der Waals surface area contributed by atoms with Crippen LogP contribution in [0.5, 0.6) is 0 Å². The highest BCUT2D eigenvalue weighted by atomic mass is 32.1. The van der Waals surface area contributed by atoms with Crippen LogP contribution in [0.25, 0.3) is 0 Å². The standard InChI is InChI=1S/C20H14F2N4OS/c21-15-7-12(9-23)8-16(22)19(15)20(27)25-14-1-2-18(24-10-14)26-5-3-17-13(11-26)4-6-28-17/h1-2,4,6-8,10H,3,5,11H2,(H,25,27). The number of carbonyl (C=O) groups excluding carboxylic acids is 1. The summed E-state index contributed by atoms with van der Waals surface area (Å²) in [7, 11) is 0. The van der Waals surface area contributed by atoms with Gasteiger partial charge in [-0.2, -0.15) is 5.26 Å². The smallest absolute Gasteiger partial charge is 0.261 e. The molecule has 140 valence electrons. The lowest BCUT2D eigenvalue weighted by Gasteiger charge is -2.28. The Labute approximate surface area is 163 Å². The van der Waals surface area contributed by atoms with Crippen LogP contribution >= 0.6 is 11.3 Å². The molecule has 0 bridgehead atoms. The van der Waals surface area contributed by atoms with Crippen LogP contribution in [0.4, 0.5) is 20.3 Å². The first-order chi connectivity index (χ1) is 13.5. The van der Waals surface area contributed by atoms with Gasteiger partial charge in [0.1, 0.15) is 23.0 Å². The molecule has 0 unspecified atom stereocenters.